The van der Waals surface area contributed by atoms with E-state index in [1.165, 1.54) is 0 Å². The van der Waals surface area contributed by atoms with Gasteiger partial charge in [-0.25, -0.2) is 14.6 Å². The highest BCUT2D eigenvalue weighted by Crippen LogP contribution is 2.26. The minimum atomic E-state index is 0.674. The van der Waals surface area contributed by atoms with Gasteiger partial charge in [-0.1, -0.05) is 12.2 Å². The fourth-order valence-corrected chi connectivity index (χ4v) is 2.40. The Hall–Kier alpha value is -0.920. The van der Waals surface area contributed by atoms with Crippen LogP contribution in [-0.2, 0) is 0 Å². The van der Waals surface area contributed by atoms with E-state index in [2.05, 4.69) is 47.0 Å². The second kappa shape index (κ2) is 4.64. The maximum atomic E-state index is 5.07. The summed E-state index contributed by atoms with van der Waals surface area (Å²) in [7, 11) is 2.59. The topological polar surface area (TPSA) is 48.5 Å². The smallest absolute Gasteiger partial charge is 0.165 e. The molecule has 3 heterocycles. The number of fused-ring (bicyclic) bond motifs is 1. The molecule has 8 heteroatoms. The first-order chi connectivity index (χ1) is 8.66. The summed E-state index contributed by atoms with van der Waals surface area (Å²) in [5.41, 5.74) is 2.66. The van der Waals surface area contributed by atoms with Crippen molar-refractivity contribution in [2.45, 2.75) is 0 Å². The Kier molecular flexibility index (Phi) is 3.13. The molecule has 0 aromatic carbocycles. The Morgan fingerprint density at radius 2 is 2.22 bits per heavy atom. The normalized spacial score (nSPS) is 11.0. The van der Waals surface area contributed by atoms with Crippen molar-refractivity contribution in [1.82, 2.24) is 24.1 Å². The van der Waals surface area contributed by atoms with Gasteiger partial charge in [-0.3, -0.25) is 0 Å². The van der Waals surface area contributed by atoms with Gasteiger partial charge in [0.05, 0.1) is 11.9 Å². The molecule has 0 amide bonds. The molecule has 0 aliphatic carbocycles. The molecular weight excluding hydrogens is 380 g/mol. The average Bonchev–Trinajstić information content (AvgIpc) is 2.97. The molecule has 90 valence electrons. The van der Waals surface area contributed by atoms with Crippen molar-refractivity contribution >= 4 is 58.2 Å². The van der Waals surface area contributed by atoms with Crippen LogP contribution in [0.5, 0.6) is 0 Å². The van der Waals surface area contributed by atoms with Crippen molar-refractivity contribution in [2.24, 2.45) is 0 Å². The Morgan fingerprint density at radius 3 is 2.94 bits per heavy atom. The fraction of sp³-hybridized carbons (Fsp3) is 0. The first-order valence-corrected chi connectivity index (χ1v) is 6.99. The number of hydrogen-bond donors (Lipinski definition) is 0. The van der Waals surface area contributed by atoms with Crippen molar-refractivity contribution in [3.63, 3.8) is 0 Å². The van der Waals surface area contributed by atoms with E-state index >= 15 is 0 Å². The number of halogens is 1. The molecule has 0 saturated carbocycles. The lowest BCUT2D eigenvalue weighted by Crippen LogP contribution is -1.99. The summed E-state index contributed by atoms with van der Waals surface area (Å²) in [6.07, 6.45) is 7.11. The van der Waals surface area contributed by atoms with Crippen LogP contribution in [0.4, 0.5) is 0 Å². The number of rotatable bonds is 1. The zero-order chi connectivity index (χ0) is 12.7. The van der Waals surface area contributed by atoms with E-state index in [1.54, 1.807) is 17.2 Å². The largest absolute Gasteiger partial charge is 0.317 e. The summed E-state index contributed by atoms with van der Waals surface area (Å²) in [4.78, 5) is 8.58. The number of thiocarbonyl (C=S) groups is 1. The monoisotopic (exact) mass is 387 g/mol. The van der Waals surface area contributed by atoms with Crippen LogP contribution in [-0.4, -0.2) is 27.1 Å². The first kappa shape index (κ1) is 12.1. The van der Waals surface area contributed by atoms with Gasteiger partial charge in [0.25, 0.3) is 0 Å². The molecule has 3 rings (SSSR count). The summed E-state index contributed by atoms with van der Waals surface area (Å²) in [5, 5.41) is 5.19. The van der Waals surface area contributed by atoms with Crippen molar-refractivity contribution in [2.75, 3.05) is 0 Å². The van der Waals surface area contributed by atoms with Gasteiger partial charge in [-0.2, -0.15) is 5.10 Å². The molecule has 3 aromatic heterocycles. The molecule has 0 saturated heterocycles. The first-order valence-electron chi connectivity index (χ1n) is 4.99. The van der Waals surface area contributed by atoms with E-state index in [0.717, 1.165) is 22.3 Å². The molecule has 5 nitrogen and oxygen atoms in total. The molecule has 0 fully saturated rings. The molecule has 0 aliphatic rings. The van der Waals surface area contributed by atoms with Gasteiger partial charge in [0.15, 0.2) is 3.00 Å². The molecule has 3 aromatic rings. The Morgan fingerprint density at radius 1 is 1.39 bits per heavy atom. The SMILES string of the molecule is Pn1ccc2c(-c3cnn(C(=S)I)c3)ncnc21. The second-order valence-corrected chi connectivity index (χ2v) is 6.31. The van der Waals surface area contributed by atoms with Gasteiger partial charge in [0.1, 0.15) is 12.0 Å². The Labute approximate surface area is 124 Å². The average molecular weight is 387 g/mol. The molecule has 18 heavy (non-hydrogen) atoms. The molecule has 0 radical (unpaired) electrons. The van der Waals surface area contributed by atoms with Crippen LogP contribution < -0.4 is 0 Å². The quantitative estimate of drug-likeness (QED) is 0.279. The van der Waals surface area contributed by atoms with Crippen LogP contribution in [0.2, 0.25) is 0 Å². The predicted molar refractivity (Wildman–Crippen MR) is 85.9 cm³/mol. The highest BCUT2D eigenvalue weighted by molar-refractivity contribution is 14.1. The van der Waals surface area contributed by atoms with Gasteiger partial charge < -0.3 is 4.34 Å². The standard InChI is InChI=1S/C10H7IN5PS/c11-10(18)15-4-6(3-14-15)8-7-1-2-16(17)9(7)13-5-12-8/h1-5H,17H2. The van der Waals surface area contributed by atoms with Gasteiger partial charge in [0, 0.05) is 23.3 Å². The summed E-state index contributed by atoms with van der Waals surface area (Å²) in [5.74, 6) is 0. The zero-order valence-corrected chi connectivity index (χ0v) is 13.1. The lowest BCUT2D eigenvalue weighted by Gasteiger charge is -1.99. The van der Waals surface area contributed by atoms with Crippen LogP contribution in [0.1, 0.15) is 0 Å². The van der Waals surface area contributed by atoms with Gasteiger partial charge in [0.2, 0.25) is 0 Å². The van der Waals surface area contributed by atoms with E-state index in [4.69, 9.17) is 12.2 Å². The summed E-state index contributed by atoms with van der Waals surface area (Å²) in [6.45, 7) is 0. The molecule has 1 atom stereocenters. The number of aromatic nitrogens is 5. The lowest BCUT2D eigenvalue weighted by molar-refractivity contribution is 0.967. The predicted octanol–water partition coefficient (Wildman–Crippen LogP) is 2.50. The van der Waals surface area contributed by atoms with Crippen LogP contribution >= 0.6 is 44.2 Å². The van der Waals surface area contributed by atoms with Crippen LogP contribution in [0.25, 0.3) is 22.3 Å². The maximum Gasteiger partial charge on any atom is 0.165 e. The van der Waals surface area contributed by atoms with E-state index in [9.17, 15) is 0 Å². The number of nitrogens with zero attached hydrogens (tertiary/aromatic N) is 5. The minimum absolute atomic E-state index is 0.674. The molecule has 0 spiro atoms. The third-order valence-electron chi connectivity index (χ3n) is 2.55. The second-order valence-electron chi connectivity index (χ2n) is 3.61. The van der Waals surface area contributed by atoms with Gasteiger partial charge in [-0.15, -0.1) is 0 Å². The van der Waals surface area contributed by atoms with Crippen molar-refractivity contribution < 1.29 is 0 Å². The Bertz CT molecular complexity index is 750. The van der Waals surface area contributed by atoms with E-state index in [0.29, 0.717) is 3.00 Å². The van der Waals surface area contributed by atoms with Crippen molar-refractivity contribution in [3.05, 3.63) is 31.0 Å². The minimum Gasteiger partial charge on any atom is -0.317 e. The van der Waals surface area contributed by atoms with E-state index in [-0.39, 0.29) is 0 Å². The van der Waals surface area contributed by atoms with Crippen molar-refractivity contribution in [1.29, 1.82) is 0 Å². The van der Waals surface area contributed by atoms with Crippen LogP contribution in [0.3, 0.4) is 0 Å². The zero-order valence-electron chi connectivity index (χ0n) is 8.99. The van der Waals surface area contributed by atoms with Crippen LogP contribution in [0.15, 0.2) is 31.0 Å². The number of hydrogen-bond acceptors (Lipinski definition) is 4. The molecule has 0 N–H and O–H groups in total. The Balaban J connectivity index is 2.21. The van der Waals surface area contributed by atoms with Crippen molar-refractivity contribution in [3.8, 4) is 11.3 Å². The third-order valence-corrected chi connectivity index (χ3v) is 3.64. The maximum absolute atomic E-state index is 5.07. The molecule has 1 unspecified atom stereocenters. The molecule has 0 aliphatic heterocycles. The molecule has 0 bridgehead atoms. The summed E-state index contributed by atoms with van der Waals surface area (Å²) in [6, 6.07) is 1.98. The summed E-state index contributed by atoms with van der Waals surface area (Å²) < 4.78 is 4.21. The lowest BCUT2D eigenvalue weighted by atomic mass is 10.2. The highest BCUT2D eigenvalue weighted by Gasteiger charge is 2.11. The van der Waals surface area contributed by atoms with E-state index in [1.807, 2.05) is 22.8 Å². The van der Waals surface area contributed by atoms with Gasteiger partial charge in [-0.05, 0) is 38.0 Å². The van der Waals surface area contributed by atoms with Crippen LogP contribution in [0, 0.1) is 0 Å². The third kappa shape index (κ3) is 1.96. The van der Waals surface area contributed by atoms with E-state index < -0.39 is 0 Å². The fourth-order valence-electron chi connectivity index (χ4n) is 1.74. The van der Waals surface area contributed by atoms with Gasteiger partial charge >= 0.3 is 0 Å². The molecular formula is C10H7IN5PS. The highest BCUT2D eigenvalue weighted by atomic mass is 127. The summed E-state index contributed by atoms with van der Waals surface area (Å²) >= 11 is 7.13.